The maximum absolute atomic E-state index is 14.0. The third-order valence-electron chi connectivity index (χ3n) is 4.71. The van der Waals surface area contributed by atoms with Crippen LogP contribution in [-0.4, -0.2) is 55.0 Å². The Hall–Kier alpha value is -2.13. The lowest BCUT2D eigenvalue weighted by Crippen LogP contribution is -2.42. The minimum absolute atomic E-state index is 0.0975. The van der Waals surface area contributed by atoms with Crippen LogP contribution in [0.25, 0.3) is 0 Å². The number of halogens is 2. The predicted molar refractivity (Wildman–Crippen MR) is 99.1 cm³/mol. The van der Waals surface area contributed by atoms with Gasteiger partial charge in [-0.05, 0) is 24.6 Å². The van der Waals surface area contributed by atoms with E-state index in [1.807, 2.05) is 0 Å². The van der Waals surface area contributed by atoms with Crippen LogP contribution in [0.15, 0.2) is 36.8 Å². The van der Waals surface area contributed by atoms with Crippen LogP contribution in [0.2, 0.25) is 0 Å². The number of likely N-dealkylation sites (N-methyl/N-ethyl adjacent to an activating group) is 1. The predicted octanol–water partition coefficient (Wildman–Crippen LogP) is 2.30. The fraction of sp³-hybridized carbons (Fsp3) is 0.444. The zero-order valence-corrected chi connectivity index (χ0v) is 16.0. The summed E-state index contributed by atoms with van der Waals surface area (Å²) in [5.74, 6) is -0.417. The number of alkyl halides is 1. The summed E-state index contributed by atoms with van der Waals surface area (Å²) >= 11 is 0. The van der Waals surface area contributed by atoms with E-state index < -0.39 is 27.8 Å². The van der Waals surface area contributed by atoms with Gasteiger partial charge in [0.05, 0.1) is 12.3 Å². The zero-order valence-electron chi connectivity index (χ0n) is 15.2. The Labute approximate surface area is 157 Å². The highest BCUT2D eigenvalue weighted by molar-refractivity contribution is 7.88. The maximum atomic E-state index is 14.0. The van der Waals surface area contributed by atoms with E-state index in [9.17, 15) is 17.2 Å². The molecule has 0 aliphatic carbocycles. The van der Waals surface area contributed by atoms with Gasteiger partial charge in [-0.1, -0.05) is 12.1 Å². The Morgan fingerprint density at radius 1 is 1.33 bits per heavy atom. The molecule has 1 saturated heterocycles. The zero-order chi connectivity index (χ0) is 19.6. The molecule has 0 unspecified atom stereocenters. The summed E-state index contributed by atoms with van der Waals surface area (Å²) in [7, 11) is -2.31. The molecule has 3 rings (SSSR count). The second-order valence-corrected chi connectivity index (χ2v) is 8.91. The third-order valence-corrected chi connectivity index (χ3v) is 6.49. The highest BCUT2D eigenvalue weighted by Crippen LogP contribution is 2.27. The van der Waals surface area contributed by atoms with Crippen molar-refractivity contribution in [2.24, 2.45) is 0 Å². The first-order valence-corrected chi connectivity index (χ1v) is 10.2. The van der Waals surface area contributed by atoms with Crippen molar-refractivity contribution in [2.45, 2.75) is 31.3 Å². The maximum Gasteiger partial charge on any atom is 0.218 e. The lowest BCUT2D eigenvalue weighted by atomic mass is 10.2. The number of hydrogen-bond donors (Lipinski definition) is 0. The first kappa shape index (κ1) is 19.6. The number of sulfonamides is 1. The molecule has 1 fully saturated rings. The van der Waals surface area contributed by atoms with E-state index in [0.29, 0.717) is 5.82 Å². The van der Waals surface area contributed by atoms with E-state index in [1.54, 1.807) is 30.2 Å². The van der Waals surface area contributed by atoms with E-state index >= 15 is 0 Å². The minimum Gasteiger partial charge on any atom is -0.349 e. The smallest absolute Gasteiger partial charge is 0.218 e. The molecule has 1 aromatic carbocycles. The van der Waals surface area contributed by atoms with Gasteiger partial charge in [-0.3, -0.25) is 0 Å². The monoisotopic (exact) mass is 396 g/mol. The van der Waals surface area contributed by atoms with Crippen LogP contribution >= 0.6 is 0 Å². The number of nitrogens with zero attached hydrogens (tertiary/aromatic N) is 4. The molecular formula is C18H22F2N4O2S. The number of rotatable bonds is 6. The first-order valence-electron chi connectivity index (χ1n) is 8.62. The first-order chi connectivity index (χ1) is 12.8. The number of benzene rings is 1. The lowest BCUT2D eigenvalue weighted by molar-refractivity contribution is 0.346. The van der Waals surface area contributed by atoms with Crippen molar-refractivity contribution in [2.75, 3.05) is 25.0 Å². The number of anilines is 1. The number of aryl methyl sites for hydroxylation is 1. The van der Waals surface area contributed by atoms with E-state index in [-0.39, 0.29) is 31.1 Å². The minimum atomic E-state index is -3.75. The molecule has 0 spiro atoms. The molecule has 1 aromatic heterocycles. The van der Waals surface area contributed by atoms with Crippen LogP contribution in [0.1, 0.15) is 17.5 Å². The Balaban J connectivity index is 1.73. The van der Waals surface area contributed by atoms with Gasteiger partial charge in [0.2, 0.25) is 10.0 Å². The summed E-state index contributed by atoms with van der Waals surface area (Å²) in [5.41, 5.74) is 0.845. The van der Waals surface area contributed by atoms with Gasteiger partial charge in [0, 0.05) is 37.8 Å². The van der Waals surface area contributed by atoms with Crippen molar-refractivity contribution in [3.8, 4) is 0 Å². The summed E-state index contributed by atoms with van der Waals surface area (Å²) in [6.45, 7) is 1.99. The van der Waals surface area contributed by atoms with Gasteiger partial charge in [-0.2, -0.15) is 0 Å². The molecule has 2 heterocycles. The molecular weight excluding hydrogens is 374 g/mol. The van der Waals surface area contributed by atoms with Crippen LogP contribution in [-0.2, 0) is 15.8 Å². The topological polar surface area (TPSA) is 66.4 Å². The molecule has 0 N–H and O–H groups in total. The van der Waals surface area contributed by atoms with Crippen LogP contribution in [0.3, 0.4) is 0 Å². The van der Waals surface area contributed by atoms with Crippen molar-refractivity contribution in [3.63, 3.8) is 0 Å². The summed E-state index contributed by atoms with van der Waals surface area (Å²) in [5, 5.41) is 0. The molecule has 1 aliphatic rings. The summed E-state index contributed by atoms with van der Waals surface area (Å²) in [4.78, 5) is 9.74. The van der Waals surface area contributed by atoms with Gasteiger partial charge in [0.1, 0.15) is 24.1 Å². The van der Waals surface area contributed by atoms with Gasteiger partial charge in [0.15, 0.2) is 0 Å². The second kappa shape index (κ2) is 7.85. The highest BCUT2D eigenvalue weighted by atomic mass is 32.2. The molecule has 2 aromatic rings. The SMILES string of the molecule is Cc1ccc(CS(=O)(=O)N(C)C[C@@H]2C[C@H](F)CN2c2ccncn2)c(F)c1. The molecule has 9 heteroatoms. The van der Waals surface area contributed by atoms with Crippen molar-refractivity contribution in [1.82, 2.24) is 14.3 Å². The Morgan fingerprint density at radius 2 is 2.11 bits per heavy atom. The quantitative estimate of drug-likeness (QED) is 0.750. The Morgan fingerprint density at radius 3 is 2.78 bits per heavy atom. The summed E-state index contributed by atoms with van der Waals surface area (Å²) < 4.78 is 54.5. The van der Waals surface area contributed by atoms with Crippen LogP contribution in [0.4, 0.5) is 14.6 Å². The number of hydrogen-bond acceptors (Lipinski definition) is 5. The molecule has 0 bridgehead atoms. The second-order valence-electron chi connectivity index (χ2n) is 6.84. The van der Waals surface area contributed by atoms with Crippen LogP contribution < -0.4 is 4.90 Å². The van der Waals surface area contributed by atoms with Gasteiger partial charge in [-0.25, -0.2) is 31.5 Å². The van der Waals surface area contributed by atoms with Gasteiger partial charge in [-0.15, -0.1) is 0 Å². The molecule has 0 radical (unpaired) electrons. The fourth-order valence-electron chi connectivity index (χ4n) is 3.25. The Bertz CT molecular complexity index is 895. The van der Waals surface area contributed by atoms with E-state index in [2.05, 4.69) is 9.97 Å². The molecule has 0 saturated carbocycles. The fourth-order valence-corrected chi connectivity index (χ4v) is 4.50. The molecule has 2 atom stereocenters. The van der Waals surface area contributed by atoms with Crippen molar-refractivity contribution in [1.29, 1.82) is 0 Å². The molecule has 146 valence electrons. The molecule has 0 amide bonds. The average molecular weight is 396 g/mol. The normalized spacial score (nSPS) is 20.4. The average Bonchev–Trinajstić information content (AvgIpc) is 2.98. The third kappa shape index (κ3) is 4.59. The van der Waals surface area contributed by atoms with Crippen molar-refractivity contribution in [3.05, 3.63) is 53.7 Å². The lowest BCUT2D eigenvalue weighted by Gasteiger charge is -2.28. The molecule has 6 nitrogen and oxygen atoms in total. The van der Waals surface area contributed by atoms with Crippen molar-refractivity contribution < 1.29 is 17.2 Å². The van der Waals surface area contributed by atoms with Gasteiger partial charge in [0.25, 0.3) is 0 Å². The van der Waals surface area contributed by atoms with E-state index in [1.165, 1.54) is 29.8 Å². The molecule has 1 aliphatic heterocycles. The van der Waals surface area contributed by atoms with Crippen molar-refractivity contribution >= 4 is 15.8 Å². The number of aromatic nitrogens is 2. The van der Waals surface area contributed by atoms with E-state index in [4.69, 9.17) is 0 Å². The largest absolute Gasteiger partial charge is 0.349 e. The summed E-state index contributed by atoms with van der Waals surface area (Å²) in [6, 6.07) is 5.79. The van der Waals surface area contributed by atoms with Crippen LogP contribution in [0.5, 0.6) is 0 Å². The summed E-state index contributed by atoms with van der Waals surface area (Å²) in [6.07, 6.45) is 2.09. The Kier molecular flexibility index (Phi) is 5.71. The highest BCUT2D eigenvalue weighted by Gasteiger charge is 2.35. The van der Waals surface area contributed by atoms with Gasteiger partial charge < -0.3 is 4.90 Å². The van der Waals surface area contributed by atoms with Crippen LogP contribution in [0, 0.1) is 12.7 Å². The molecule has 27 heavy (non-hydrogen) atoms. The standard InChI is InChI=1S/C18H22F2N4O2S/c1-13-3-4-14(17(20)7-13)11-27(25,26)23(2)10-16-8-15(19)9-24(16)18-5-6-21-12-22-18/h3-7,12,15-16H,8-11H2,1-2H3/t15-,16-/m0/s1. The van der Waals surface area contributed by atoms with Gasteiger partial charge >= 0.3 is 0 Å². The van der Waals surface area contributed by atoms with E-state index in [0.717, 1.165) is 5.56 Å².